The van der Waals surface area contributed by atoms with Crippen molar-refractivity contribution in [1.82, 2.24) is 4.90 Å². The molecule has 318 valence electrons. The number of nitrogens with zero attached hydrogens (tertiary/aromatic N) is 2. The van der Waals surface area contributed by atoms with E-state index in [1.807, 2.05) is 20.0 Å². The fraction of sp³-hybridized carbons (Fsp3) is 0.712. The third kappa shape index (κ3) is 5.57. The summed E-state index contributed by atoms with van der Waals surface area (Å²) < 4.78 is 5.93. The van der Waals surface area contributed by atoms with Gasteiger partial charge in [0.15, 0.2) is 5.78 Å². The lowest BCUT2D eigenvalue weighted by atomic mass is 9.31. The minimum absolute atomic E-state index is 0.00736. The van der Waals surface area contributed by atoms with Gasteiger partial charge < -0.3 is 19.8 Å². The molecule has 2 N–H and O–H groups in total. The number of aryl methyl sites for hydroxylation is 2. The number of hydrogen-bond donors (Lipinski definition) is 2. The van der Waals surface area contributed by atoms with Crippen LogP contribution in [0.4, 0.5) is 0 Å². The Balaban J connectivity index is 1.10. The predicted molar refractivity (Wildman–Crippen MR) is 232 cm³/mol. The molecule has 59 heavy (non-hydrogen) atoms. The molecule has 7 nitrogen and oxygen atoms in total. The van der Waals surface area contributed by atoms with Crippen molar-refractivity contribution < 1.29 is 24.5 Å². The van der Waals surface area contributed by atoms with Crippen LogP contribution in [0.3, 0.4) is 0 Å². The molecule has 0 bridgehead atoms. The second-order valence-electron chi connectivity index (χ2n) is 22.5. The zero-order valence-electron chi connectivity index (χ0n) is 37.2. The van der Waals surface area contributed by atoms with Gasteiger partial charge in [-0.2, -0.15) is 0 Å². The summed E-state index contributed by atoms with van der Waals surface area (Å²) in [6, 6.07) is 6.78. The Hall–Kier alpha value is -2.87. The van der Waals surface area contributed by atoms with E-state index in [1.54, 1.807) is 0 Å². The zero-order chi connectivity index (χ0) is 41.6. The van der Waals surface area contributed by atoms with Crippen LogP contribution in [0, 0.1) is 71.0 Å². The molecular weight excluding hydrogens is 733 g/mol. The summed E-state index contributed by atoms with van der Waals surface area (Å²) in [4.78, 5) is 37.2. The lowest BCUT2D eigenvalue weighted by molar-refractivity contribution is -0.248. The first-order chi connectivity index (χ1) is 28.0. The lowest BCUT2D eigenvalue weighted by Crippen LogP contribution is -2.71. The molecule has 0 aromatic heterocycles. The number of hydrogen-bond acceptors (Lipinski definition) is 7. The van der Waals surface area contributed by atoms with Crippen molar-refractivity contribution in [3.63, 3.8) is 0 Å². The fourth-order valence-electron chi connectivity index (χ4n) is 16.8. The van der Waals surface area contributed by atoms with E-state index in [-0.39, 0.29) is 69.4 Å². The molecule has 1 aromatic carbocycles. The predicted octanol–water partition coefficient (Wildman–Crippen LogP) is 9.20. The van der Waals surface area contributed by atoms with Crippen LogP contribution in [-0.2, 0) is 20.7 Å². The molecule has 10 rings (SSSR count). The highest BCUT2D eigenvalue weighted by Crippen LogP contribution is 2.79. The Bertz CT molecular complexity index is 2070. The fourth-order valence-corrected chi connectivity index (χ4v) is 16.8. The van der Waals surface area contributed by atoms with E-state index in [4.69, 9.17) is 9.73 Å². The van der Waals surface area contributed by atoms with Crippen molar-refractivity contribution in [2.24, 2.45) is 62.2 Å². The summed E-state index contributed by atoms with van der Waals surface area (Å²) in [6.45, 7) is 18.4. The Morgan fingerprint density at radius 3 is 2.36 bits per heavy atom. The van der Waals surface area contributed by atoms with E-state index in [0.29, 0.717) is 31.1 Å². The topological polar surface area (TPSA) is 103 Å². The van der Waals surface area contributed by atoms with Gasteiger partial charge in [0.1, 0.15) is 11.9 Å². The van der Waals surface area contributed by atoms with Crippen LogP contribution >= 0.6 is 0 Å². The summed E-state index contributed by atoms with van der Waals surface area (Å²) in [5.41, 5.74) is 6.61. The maximum Gasteiger partial charge on any atom is 0.163 e. The minimum atomic E-state index is -0.669. The van der Waals surface area contributed by atoms with Crippen LogP contribution in [0.25, 0.3) is 0 Å². The quantitative estimate of drug-likeness (QED) is 0.242. The standard InChI is InChI=1S/C52H70N2O5/c1-29-22-30(2)24-32(23-29)26-33-27-54(37-17-21-53-43(33)37)28-35-42-41(31(3)25-38(55)47-48(4,5)59-47)45(58)36-14-11-18-52(51(36,42)8)20-15-39-49(6,46(52)44(35)57)19-16-40(56)50(39,7)34-12-9-10-13-34/h17,21-24,27,31,34-39,44,46-47,55,57H,9-16,18-20,25-26,28H2,1-8H3. The van der Waals surface area contributed by atoms with E-state index in [0.717, 1.165) is 69.1 Å². The number of ketones is 2. The largest absolute Gasteiger partial charge is 0.392 e. The zero-order valence-corrected chi connectivity index (χ0v) is 37.2. The number of rotatable bonds is 9. The highest BCUT2D eigenvalue weighted by atomic mass is 16.6. The first-order valence-corrected chi connectivity index (χ1v) is 23.6. The van der Waals surface area contributed by atoms with E-state index in [2.05, 4.69) is 76.9 Å². The van der Waals surface area contributed by atoms with Crippen LogP contribution < -0.4 is 0 Å². The van der Waals surface area contributed by atoms with E-state index < -0.39 is 17.6 Å². The van der Waals surface area contributed by atoms with Gasteiger partial charge in [-0.25, -0.2) is 0 Å². The third-order valence-corrected chi connectivity index (χ3v) is 19.2. The SMILES string of the molecule is Cc1cc(C)cc(CC2=CN(CC3C4=C(C(C)CC(O)C5OC5(C)C)C(=O)C5CCCC6(CCC7C(C)(CCC(=O)C7(C)C7CCCC7)C6C3O)C45C)C3C=CN=C23)c1. The number of epoxide rings is 1. The number of aliphatic imine (C=N–C) groups is 1. The number of carbonyl (C=O) groups excluding carboxylic acids is 2. The average Bonchev–Trinajstić information content (AvgIpc) is 3.72. The summed E-state index contributed by atoms with van der Waals surface area (Å²) in [7, 11) is 0. The number of carbonyl (C=O) groups is 2. The van der Waals surface area contributed by atoms with Gasteiger partial charge in [-0.3, -0.25) is 14.6 Å². The summed E-state index contributed by atoms with van der Waals surface area (Å²) >= 11 is 0. The molecule has 0 radical (unpaired) electrons. The van der Waals surface area contributed by atoms with Crippen molar-refractivity contribution in [3.8, 4) is 0 Å². The Morgan fingerprint density at radius 1 is 0.949 bits per heavy atom. The molecule has 1 saturated heterocycles. The van der Waals surface area contributed by atoms with Crippen LogP contribution in [0.15, 0.2) is 58.4 Å². The molecule has 3 heterocycles. The number of fused-ring (bicyclic) bond motifs is 3. The molecule has 3 aliphatic heterocycles. The number of ether oxygens (including phenoxy) is 1. The Labute approximate surface area is 353 Å². The second-order valence-corrected chi connectivity index (χ2v) is 22.5. The van der Waals surface area contributed by atoms with Crippen LogP contribution in [0.2, 0.25) is 0 Å². The van der Waals surface area contributed by atoms with Crippen molar-refractivity contribution in [2.75, 3.05) is 6.54 Å². The number of allylic oxidation sites excluding steroid dienone is 1. The van der Waals surface area contributed by atoms with Crippen molar-refractivity contribution in [3.05, 3.63) is 70.1 Å². The van der Waals surface area contributed by atoms with Gasteiger partial charge in [-0.1, -0.05) is 76.3 Å². The van der Waals surface area contributed by atoms with Gasteiger partial charge >= 0.3 is 0 Å². The first kappa shape index (κ1) is 40.2. The molecule has 1 aromatic rings. The second kappa shape index (κ2) is 13.6. The molecule has 13 unspecified atom stereocenters. The maximum absolute atomic E-state index is 15.4. The number of Topliss-reactive ketones (excluding diaryl/α,β-unsaturated/α-hetero) is 2. The molecule has 13 atom stereocenters. The molecule has 5 saturated carbocycles. The van der Waals surface area contributed by atoms with Crippen molar-refractivity contribution in [2.45, 2.75) is 169 Å². The molecule has 1 spiro atoms. The maximum atomic E-state index is 15.4. The molecule has 0 amide bonds. The highest BCUT2D eigenvalue weighted by molar-refractivity contribution is 6.09. The van der Waals surface area contributed by atoms with E-state index in [9.17, 15) is 15.0 Å². The normalized spacial score (nSPS) is 42.9. The monoisotopic (exact) mass is 803 g/mol. The van der Waals surface area contributed by atoms with Crippen molar-refractivity contribution >= 4 is 17.3 Å². The molecule has 6 fully saturated rings. The van der Waals surface area contributed by atoms with Gasteiger partial charge in [0.2, 0.25) is 0 Å². The molecule has 6 aliphatic carbocycles. The molecule has 9 aliphatic rings. The first-order valence-electron chi connectivity index (χ1n) is 23.6. The van der Waals surface area contributed by atoms with Gasteiger partial charge in [0.25, 0.3) is 0 Å². The summed E-state index contributed by atoms with van der Waals surface area (Å²) in [6.07, 6.45) is 17.1. The highest BCUT2D eigenvalue weighted by Gasteiger charge is 2.77. The smallest absolute Gasteiger partial charge is 0.163 e. The summed E-state index contributed by atoms with van der Waals surface area (Å²) in [5, 5.41) is 25.3. The van der Waals surface area contributed by atoms with Crippen LogP contribution in [-0.4, -0.2) is 68.9 Å². The van der Waals surface area contributed by atoms with Gasteiger partial charge in [0.05, 0.1) is 29.6 Å². The van der Waals surface area contributed by atoms with Crippen molar-refractivity contribution in [1.29, 1.82) is 0 Å². The third-order valence-electron chi connectivity index (χ3n) is 19.2. The van der Waals surface area contributed by atoms with Gasteiger partial charge in [-0.05, 0) is 142 Å². The van der Waals surface area contributed by atoms with Crippen LogP contribution in [0.5, 0.6) is 0 Å². The van der Waals surface area contributed by atoms with Gasteiger partial charge in [-0.15, -0.1) is 0 Å². The average molecular weight is 803 g/mol. The molecular formula is C52H70N2O5. The lowest BCUT2D eigenvalue weighted by Gasteiger charge is -2.73. The Morgan fingerprint density at radius 2 is 1.66 bits per heavy atom. The number of aliphatic hydroxyl groups is 2. The number of benzene rings is 1. The van der Waals surface area contributed by atoms with E-state index in [1.165, 1.54) is 40.7 Å². The van der Waals surface area contributed by atoms with E-state index >= 15 is 4.79 Å². The summed E-state index contributed by atoms with van der Waals surface area (Å²) in [5.74, 6) is 0.784. The number of aliphatic hydroxyl groups excluding tert-OH is 2. The molecule has 7 heteroatoms. The van der Waals surface area contributed by atoms with Crippen LogP contribution in [0.1, 0.15) is 135 Å². The minimum Gasteiger partial charge on any atom is -0.392 e. The Kier molecular flexibility index (Phi) is 9.25. The van der Waals surface area contributed by atoms with Gasteiger partial charge in [0, 0.05) is 54.5 Å².